The molecule has 100 valence electrons. The molecular weight excluding hydrogens is 238 g/mol. The second kappa shape index (κ2) is 5.13. The summed E-state index contributed by atoms with van der Waals surface area (Å²) < 4.78 is 4.95. The molecule has 1 heterocycles. The van der Waals surface area contributed by atoms with Gasteiger partial charge < -0.3 is 9.84 Å². The van der Waals surface area contributed by atoms with Crippen molar-refractivity contribution in [2.75, 3.05) is 0 Å². The fourth-order valence-corrected chi connectivity index (χ4v) is 2.73. The maximum absolute atomic E-state index is 4.95. The number of hydrogen-bond donors (Lipinski definition) is 1. The van der Waals surface area contributed by atoms with Crippen molar-refractivity contribution in [3.05, 3.63) is 47.1 Å². The number of rotatable bonds is 4. The van der Waals surface area contributed by atoms with Gasteiger partial charge in [-0.1, -0.05) is 29.4 Å². The third kappa shape index (κ3) is 2.68. The van der Waals surface area contributed by atoms with Crippen molar-refractivity contribution in [1.82, 2.24) is 15.5 Å². The van der Waals surface area contributed by atoms with Crippen LogP contribution in [0, 0.1) is 13.8 Å². The number of hydrogen-bond acceptors (Lipinski definition) is 4. The largest absolute Gasteiger partial charge is 0.340 e. The van der Waals surface area contributed by atoms with Gasteiger partial charge in [0.15, 0.2) is 5.82 Å². The van der Waals surface area contributed by atoms with Gasteiger partial charge in [-0.15, -0.1) is 0 Å². The number of aryl methyl sites for hydroxylation is 2. The molecule has 0 saturated heterocycles. The molecule has 1 saturated carbocycles. The van der Waals surface area contributed by atoms with E-state index in [1.807, 2.05) is 6.92 Å². The highest BCUT2D eigenvalue weighted by atomic mass is 16.5. The van der Waals surface area contributed by atoms with Gasteiger partial charge in [0.1, 0.15) is 0 Å². The van der Waals surface area contributed by atoms with Crippen LogP contribution in [0.4, 0.5) is 0 Å². The fourth-order valence-electron chi connectivity index (χ4n) is 2.73. The maximum atomic E-state index is 4.95. The van der Waals surface area contributed by atoms with E-state index in [1.165, 1.54) is 24.0 Å². The molecule has 0 atom stereocenters. The van der Waals surface area contributed by atoms with Crippen LogP contribution in [0.3, 0.4) is 0 Å². The van der Waals surface area contributed by atoms with Crippen molar-refractivity contribution < 1.29 is 4.52 Å². The second-order valence-corrected chi connectivity index (χ2v) is 5.33. The molecule has 1 N–H and O–H groups in total. The smallest absolute Gasteiger partial charge is 0.223 e. The number of nitrogens with zero attached hydrogens (tertiary/aromatic N) is 2. The highest BCUT2D eigenvalue weighted by Gasteiger charge is 2.30. The lowest BCUT2D eigenvalue weighted by Gasteiger charge is -2.37. The minimum absolute atomic E-state index is 0.573. The van der Waals surface area contributed by atoms with Gasteiger partial charge >= 0.3 is 0 Å². The molecular formula is C15H19N3O. The van der Waals surface area contributed by atoms with Gasteiger partial charge in [-0.25, -0.2) is 0 Å². The van der Waals surface area contributed by atoms with E-state index in [2.05, 4.69) is 46.6 Å². The minimum atomic E-state index is 0.573. The number of benzene rings is 1. The van der Waals surface area contributed by atoms with E-state index >= 15 is 0 Å². The predicted octanol–water partition coefficient (Wildman–Crippen LogP) is 2.72. The monoisotopic (exact) mass is 257 g/mol. The molecule has 3 rings (SSSR count). The van der Waals surface area contributed by atoms with E-state index in [1.54, 1.807) is 0 Å². The highest BCUT2D eigenvalue weighted by molar-refractivity contribution is 5.31. The number of nitrogens with one attached hydrogen (secondary N) is 1. The van der Waals surface area contributed by atoms with Gasteiger partial charge in [0.2, 0.25) is 5.89 Å². The van der Waals surface area contributed by atoms with Crippen LogP contribution >= 0.6 is 0 Å². The minimum Gasteiger partial charge on any atom is -0.340 e. The Kier molecular flexibility index (Phi) is 3.34. The lowest BCUT2D eigenvalue weighted by molar-refractivity contribution is 0.284. The standard InChI is InChI=1S/C15H19N3O/c1-10-5-3-4-6-14(10)12-7-13(8-12)16-9-15-17-11(2)19-18-15/h3-6,12-13,16H,7-9H2,1-2H3. The lowest BCUT2D eigenvalue weighted by Crippen LogP contribution is -2.40. The summed E-state index contributed by atoms with van der Waals surface area (Å²) in [4.78, 5) is 4.19. The zero-order valence-corrected chi connectivity index (χ0v) is 11.4. The summed E-state index contributed by atoms with van der Waals surface area (Å²) in [6.07, 6.45) is 2.39. The summed E-state index contributed by atoms with van der Waals surface area (Å²) in [6.45, 7) is 4.70. The van der Waals surface area contributed by atoms with Gasteiger partial charge in [-0.3, -0.25) is 0 Å². The van der Waals surface area contributed by atoms with E-state index in [-0.39, 0.29) is 0 Å². The molecule has 0 bridgehead atoms. The van der Waals surface area contributed by atoms with Gasteiger partial charge in [-0.05, 0) is 36.8 Å². The summed E-state index contributed by atoms with van der Waals surface area (Å²) in [5.41, 5.74) is 2.90. The third-order valence-corrected chi connectivity index (χ3v) is 3.88. The average Bonchev–Trinajstić information content (AvgIpc) is 2.75. The molecule has 0 amide bonds. The number of aromatic nitrogens is 2. The Bertz CT molecular complexity index is 558. The summed E-state index contributed by atoms with van der Waals surface area (Å²) in [5, 5.41) is 7.37. The average molecular weight is 257 g/mol. The van der Waals surface area contributed by atoms with Crippen LogP contribution in [-0.4, -0.2) is 16.2 Å². The molecule has 4 nitrogen and oxygen atoms in total. The highest BCUT2D eigenvalue weighted by Crippen LogP contribution is 2.38. The van der Waals surface area contributed by atoms with Gasteiger partial charge in [0, 0.05) is 13.0 Å². The SMILES string of the molecule is Cc1nc(CNC2CC(c3ccccc3C)C2)no1. The van der Waals surface area contributed by atoms with Crippen LogP contribution in [0.5, 0.6) is 0 Å². The molecule has 1 aromatic carbocycles. The molecule has 4 heteroatoms. The Morgan fingerprint density at radius 1 is 1.26 bits per heavy atom. The van der Waals surface area contributed by atoms with Crippen molar-refractivity contribution in [3.8, 4) is 0 Å². The van der Waals surface area contributed by atoms with Crippen LogP contribution in [0.15, 0.2) is 28.8 Å². The summed E-state index contributed by atoms with van der Waals surface area (Å²) in [5.74, 6) is 2.07. The van der Waals surface area contributed by atoms with Gasteiger partial charge in [-0.2, -0.15) is 4.98 Å². The topological polar surface area (TPSA) is 51.0 Å². The molecule has 0 unspecified atom stereocenters. The Morgan fingerprint density at radius 2 is 2.05 bits per heavy atom. The third-order valence-electron chi connectivity index (χ3n) is 3.88. The summed E-state index contributed by atoms with van der Waals surface area (Å²) in [6, 6.07) is 9.25. The first kappa shape index (κ1) is 12.4. The Morgan fingerprint density at radius 3 is 2.74 bits per heavy atom. The van der Waals surface area contributed by atoms with E-state index in [9.17, 15) is 0 Å². The lowest BCUT2D eigenvalue weighted by atomic mass is 9.74. The molecule has 1 aliphatic carbocycles. The van der Waals surface area contributed by atoms with E-state index in [4.69, 9.17) is 4.52 Å². The Labute approximate surface area is 113 Å². The molecule has 1 aromatic heterocycles. The predicted molar refractivity (Wildman–Crippen MR) is 72.8 cm³/mol. The van der Waals surface area contributed by atoms with E-state index in [0.717, 1.165) is 5.82 Å². The molecule has 19 heavy (non-hydrogen) atoms. The normalized spacial score (nSPS) is 22.2. The van der Waals surface area contributed by atoms with Crippen LogP contribution in [-0.2, 0) is 6.54 Å². The van der Waals surface area contributed by atoms with Crippen LogP contribution < -0.4 is 5.32 Å². The molecule has 1 fully saturated rings. The summed E-state index contributed by atoms with van der Waals surface area (Å²) >= 11 is 0. The first-order chi connectivity index (χ1) is 9.22. The quantitative estimate of drug-likeness (QED) is 0.915. The van der Waals surface area contributed by atoms with Crippen molar-refractivity contribution >= 4 is 0 Å². The summed E-state index contributed by atoms with van der Waals surface area (Å²) in [7, 11) is 0. The van der Waals surface area contributed by atoms with Crippen molar-refractivity contribution in [3.63, 3.8) is 0 Å². The van der Waals surface area contributed by atoms with E-state index < -0.39 is 0 Å². The maximum Gasteiger partial charge on any atom is 0.223 e. The van der Waals surface area contributed by atoms with Crippen molar-refractivity contribution in [2.45, 2.75) is 45.2 Å². The first-order valence-corrected chi connectivity index (χ1v) is 6.80. The van der Waals surface area contributed by atoms with Crippen LogP contribution in [0.25, 0.3) is 0 Å². The zero-order valence-electron chi connectivity index (χ0n) is 11.4. The zero-order chi connectivity index (χ0) is 13.2. The molecule has 0 radical (unpaired) electrons. The molecule has 2 aromatic rings. The van der Waals surface area contributed by atoms with Gasteiger partial charge in [0.25, 0.3) is 0 Å². The van der Waals surface area contributed by atoms with Crippen molar-refractivity contribution in [1.29, 1.82) is 0 Å². The fraction of sp³-hybridized carbons (Fsp3) is 0.467. The Balaban J connectivity index is 1.49. The molecule has 1 aliphatic rings. The molecule has 0 aliphatic heterocycles. The first-order valence-electron chi connectivity index (χ1n) is 6.80. The van der Waals surface area contributed by atoms with Crippen LogP contribution in [0.1, 0.15) is 41.6 Å². The van der Waals surface area contributed by atoms with Gasteiger partial charge in [0.05, 0.1) is 6.54 Å². The van der Waals surface area contributed by atoms with Crippen LogP contribution in [0.2, 0.25) is 0 Å². The Hall–Kier alpha value is -1.68. The molecule has 0 spiro atoms. The van der Waals surface area contributed by atoms with Crippen molar-refractivity contribution in [2.24, 2.45) is 0 Å². The second-order valence-electron chi connectivity index (χ2n) is 5.33. The van der Waals surface area contributed by atoms with E-state index in [0.29, 0.717) is 24.4 Å².